The van der Waals surface area contributed by atoms with Gasteiger partial charge in [0.2, 0.25) is 0 Å². The normalized spacial score (nSPS) is 14.9. The molecule has 0 unspecified atom stereocenters. The summed E-state index contributed by atoms with van der Waals surface area (Å²) in [7, 11) is 0. The predicted molar refractivity (Wildman–Crippen MR) is 65.4 cm³/mol. The van der Waals surface area contributed by atoms with E-state index in [1.54, 1.807) is 0 Å². The highest BCUT2D eigenvalue weighted by molar-refractivity contribution is 5.27. The van der Waals surface area contributed by atoms with Crippen molar-refractivity contribution in [3.63, 3.8) is 0 Å². The minimum absolute atomic E-state index is 0.820. The third kappa shape index (κ3) is 3.94. The van der Waals surface area contributed by atoms with Crippen LogP contribution in [0.15, 0.2) is 24.3 Å². The number of hydrogen-bond donors (Lipinski definition) is 0. The molecule has 0 spiro atoms. The largest absolute Gasteiger partial charge is 0.493 e. The molecule has 0 aliphatic heterocycles. The summed E-state index contributed by atoms with van der Waals surface area (Å²) in [4.78, 5) is 0. The van der Waals surface area contributed by atoms with E-state index in [1.807, 2.05) is 26.0 Å². The van der Waals surface area contributed by atoms with E-state index in [-0.39, 0.29) is 0 Å². The van der Waals surface area contributed by atoms with Crippen molar-refractivity contribution in [3.05, 3.63) is 29.8 Å². The van der Waals surface area contributed by atoms with Gasteiger partial charge in [-0.15, -0.1) is 0 Å². The Morgan fingerprint density at radius 3 is 2.53 bits per heavy atom. The van der Waals surface area contributed by atoms with Crippen LogP contribution in [0.5, 0.6) is 5.75 Å². The molecule has 0 amide bonds. The molecule has 1 fully saturated rings. The van der Waals surface area contributed by atoms with Crippen LogP contribution in [0.3, 0.4) is 0 Å². The fourth-order valence-corrected chi connectivity index (χ4v) is 1.58. The van der Waals surface area contributed by atoms with Gasteiger partial charge in [0, 0.05) is 0 Å². The Labute approximate surface area is 93.5 Å². The van der Waals surface area contributed by atoms with Crippen molar-refractivity contribution in [1.82, 2.24) is 0 Å². The van der Waals surface area contributed by atoms with Crippen LogP contribution in [0.1, 0.15) is 38.7 Å². The van der Waals surface area contributed by atoms with Crippen LogP contribution in [0, 0.1) is 12.8 Å². The second-order valence-corrected chi connectivity index (χ2v) is 3.92. The fraction of sp³-hybridized carbons (Fsp3) is 0.571. The standard InChI is InChI=1S/C12H16O.C2H6/c1-10-4-2-7-12(8-10)13-9-11-5-3-6-11;1-2/h2,4,7-8,11H,3,5-6,9H2,1H3;1-2H3. The average molecular weight is 206 g/mol. The Morgan fingerprint density at radius 2 is 2.00 bits per heavy atom. The predicted octanol–water partition coefficient (Wildman–Crippen LogP) is 4.20. The summed E-state index contributed by atoms with van der Waals surface area (Å²) in [5, 5.41) is 0. The molecule has 1 aliphatic rings. The summed E-state index contributed by atoms with van der Waals surface area (Å²) in [6.07, 6.45) is 4.10. The molecule has 1 aliphatic carbocycles. The highest BCUT2D eigenvalue weighted by Gasteiger charge is 2.17. The number of benzene rings is 1. The molecule has 0 saturated heterocycles. The van der Waals surface area contributed by atoms with Crippen LogP contribution in [0.4, 0.5) is 0 Å². The van der Waals surface area contributed by atoms with Gasteiger partial charge >= 0.3 is 0 Å². The zero-order chi connectivity index (χ0) is 11.1. The lowest BCUT2D eigenvalue weighted by Gasteiger charge is -2.25. The third-order valence-electron chi connectivity index (χ3n) is 2.70. The number of ether oxygens (including phenoxy) is 1. The molecule has 1 nitrogen and oxygen atoms in total. The summed E-state index contributed by atoms with van der Waals surface area (Å²) in [5.41, 5.74) is 1.27. The van der Waals surface area contributed by atoms with Crippen LogP contribution in [-0.2, 0) is 0 Å². The number of rotatable bonds is 3. The lowest BCUT2D eigenvalue weighted by atomic mass is 9.86. The van der Waals surface area contributed by atoms with Gasteiger partial charge in [-0.05, 0) is 43.4 Å². The van der Waals surface area contributed by atoms with Crippen LogP contribution in [-0.4, -0.2) is 6.61 Å². The van der Waals surface area contributed by atoms with Gasteiger partial charge in [0.15, 0.2) is 0 Å². The van der Waals surface area contributed by atoms with Gasteiger partial charge < -0.3 is 4.74 Å². The highest BCUT2D eigenvalue weighted by Crippen LogP contribution is 2.27. The Balaban J connectivity index is 0.000000531. The van der Waals surface area contributed by atoms with E-state index >= 15 is 0 Å². The first kappa shape index (κ1) is 12.1. The first-order valence-electron chi connectivity index (χ1n) is 6.04. The second-order valence-electron chi connectivity index (χ2n) is 3.92. The summed E-state index contributed by atoms with van der Waals surface area (Å²) < 4.78 is 5.69. The highest BCUT2D eigenvalue weighted by atomic mass is 16.5. The molecule has 0 atom stereocenters. The molecule has 2 rings (SSSR count). The molecule has 1 aromatic carbocycles. The van der Waals surface area contributed by atoms with E-state index in [0.29, 0.717) is 0 Å². The maximum atomic E-state index is 5.69. The maximum absolute atomic E-state index is 5.69. The molecule has 1 saturated carbocycles. The average Bonchev–Trinajstić information content (AvgIpc) is 2.19. The fourth-order valence-electron chi connectivity index (χ4n) is 1.58. The minimum Gasteiger partial charge on any atom is -0.493 e. The zero-order valence-electron chi connectivity index (χ0n) is 10.1. The van der Waals surface area contributed by atoms with E-state index in [4.69, 9.17) is 4.74 Å². The van der Waals surface area contributed by atoms with Crippen molar-refractivity contribution in [1.29, 1.82) is 0 Å². The van der Waals surface area contributed by atoms with Gasteiger partial charge in [-0.25, -0.2) is 0 Å². The molecule has 1 aromatic rings. The molecule has 0 bridgehead atoms. The Morgan fingerprint density at radius 1 is 1.27 bits per heavy atom. The van der Waals surface area contributed by atoms with Crippen LogP contribution >= 0.6 is 0 Å². The van der Waals surface area contributed by atoms with E-state index in [9.17, 15) is 0 Å². The SMILES string of the molecule is CC.Cc1cccc(OCC2CCC2)c1. The lowest BCUT2D eigenvalue weighted by Crippen LogP contribution is -2.19. The first-order chi connectivity index (χ1) is 7.34. The van der Waals surface area contributed by atoms with Gasteiger partial charge in [-0.3, -0.25) is 0 Å². The van der Waals surface area contributed by atoms with Gasteiger partial charge in [0.05, 0.1) is 6.61 Å². The molecule has 0 heterocycles. The topological polar surface area (TPSA) is 9.23 Å². The Bertz CT molecular complexity index is 276. The summed E-state index contributed by atoms with van der Waals surface area (Å²) in [5.74, 6) is 1.84. The van der Waals surface area contributed by atoms with Gasteiger partial charge in [0.1, 0.15) is 5.75 Å². The molecule has 1 heteroatoms. The molecular weight excluding hydrogens is 184 g/mol. The molecule has 0 radical (unpaired) electrons. The van der Waals surface area contributed by atoms with Crippen LogP contribution in [0.25, 0.3) is 0 Å². The maximum Gasteiger partial charge on any atom is 0.119 e. The van der Waals surface area contributed by atoms with Crippen molar-refractivity contribution < 1.29 is 4.74 Å². The monoisotopic (exact) mass is 206 g/mol. The van der Waals surface area contributed by atoms with E-state index in [0.717, 1.165) is 18.3 Å². The molecule has 15 heavy (non-hydrogen) atoms. The van der Waals surface area contributed by atoms with Crippen molar-refractivity contribution in [2.45, 2.75) is 40.0 Å². The Kier molecular flexibility index (Phi) is 5.23. The van der Waals surface area contributed by atoms with E-state index in [2.05, 4.69) is 19.1 Å². The van der Waals surface area contributed by atoms with Gasteiger partial charge in [-0.1, -0.05) is 32.4 Å². The van der Waals surface area contributed by atoms with E-state index in [1.165, 1.54) is 24.8 Å². The van der Waals surface area contributed by atoms with Gasteiger partial charge in [-0.2, -0.15) is 0 Å². The molecule has 0 aromatic heterocycles. The molecular formula is C14H22O. The van der Waals surface area contributed by atoms with E-state index < -0.39 is 0 Å². The quantitative estimate of drug-likeness (QED) is 0.720. The number of hydrogen-bond acceptors (Lipinski definition) is 1. The van der Waals surface area contributed by atoms with Gasteiger partial charge in [0.25, 0.3) is 0 Å². The van der Waals surface area contributed by atoms with Crippen molar-refractivity contribution in [2.24, 2.45) is 5.92 Å². The third-order valence-corrected chi connectivity index (χ3v) is 2.70. The Hall–Kier alpha value is -0.980. The lowest BCUT2D eigenvalue weighted by molar-refractivity contribution is 0.180. The van der Waals surface area contributed by atoms with Crippen molar-refractivity contribution in [2.75, 3.05) is 6.61 Å². The van der Waals surface area contributed by atoms with Crippen LogP contribution < -0.4 is 4.74 Å². The van der Waals surface area contributed by atoms with Crippen molar-refractivity contribution in [3.8, 4) is 5.75 Å². The summed E-state index contributed by atoms with van der Waals surface area (Å²) in [6, 6.07) is 8.27. The summed E-state index contributed by atoms with van der Waals surface area (Å²) >= 11 is 0. The summed E-state index contributed by atoms with van der Waals surface area (Å²) in [6.45, 7) is 7.00. The minimum atomic E-state index is 0.820. The van der Waals surface area contributed by atoms with Crippen molar-refractivity contribution >= 4 is 0 Å². The zero-order valence-corrected chi connectivity index (χ0v) is 10.1. The molecule has 0 N–H and O–H groups in total. The van der Waals surface area contributed by atoms with Crippen LogP contribution in [0.2, 0.25) is 0 Å². The smallest absolute Gasteiger partial charge is 0.119 e. The molecule has 84 valence electrons. The number of aryl methyl sites for hydroxylation is 1. The first-order valence-corrected chi connectivity index (χ1v) is 6.04. The second kappa shape index (κ2) is 6.49.